The summed E-state index contributed by atoms with van der Waals surface area (Å²) in [6.45, 7) is 3.66. The van der Waals surface area contributed by atoms with Gasteiger partial charge >= 0.3 is 0 Å². The van der Waals surface area contributed by atoms with Gasteiger partial charge in [-0.3, -0.25) is 4.72 Å². The van der Waals surface area contributed by atoms with Crippen LogP contribution in [0.5, 0.6) is 0 Å². The fourth-order valence-corrected chi connectivity index (χ4v) is 2.68. The number of hydrogen-bond acceptors (Lipinski definition) is 3. The van der Waals surface area contributed by atoms with Crippen LogP contribution in [0.15, 0.2) is 47.4 Å². The van der Waals surface area contributed by atoms with E-state index in [0.29, 0.717) is 5.82 Å². The van der Waals surface area contributed by atoms with Crippen LogP contribution in [0.4, 0.5) is 5.82 Å². The number of nitrogens with zero attached hydrogens (tertiary/aromatic N) is 1. The Morgan fingerprint density at radius 3 is 2.44 bits per heavy atom. The van der Waals surface area contributed by atoms with E-state index in [-0.39, 0.29) is 4.90 Å². The summed E-state index contributed by atoms with van der Waals surface area (Å²) in [5.74, 6) is 0.330. The van der Waals surface area contributed by atoms with Crippen molar-refractivity contribution >= 4 is 15.8 Å². The van der Waals surface area contributed by atoms with Crippen LogP contribution in [0.1, 0.15) is 11.3 Å². The Bertz CT molecular complexity index is 666. The lowest BCUT2D eigenvalue weighted by Gasteiger charge is -2.08. The summed E-state index contributed by atoms with van der Waals surface area (Å²) in [6, 6.07) is 11.9. The Balaban J connectivity index is 2.33. The van der Waals surface area contributed by atoms with Crippen molar-refractivity contribution in [2.45, 2.75) is 18.7 Å². The predicted octanol–water partition coefficient (Wildman–Crippen LogP) is 2.50. The lowest BCUT2D eigenvalue weighted by molar-refractivity contribution is 0.601. The maximum Gasteiger partial charge on any atom is 0.263 e. The van der Waals surface area contributed by atoms with Gasteiger partial charge in [0.2, 0.25) is 0 Å². The first-order valence-corrected chi connectivity index (χ1v) is 6.99. The second-order valence-electron chi connectivity index (χ2n) is 4.09. The zero-order valence-corrected chi connectivity index (χ0v) is 11.0. The highest BCUT2D eigenvalue weighted by atomic mass is 32.2. The van der Waals surface area contributed by atoms with Crippen molar-refractivity contribution in [2.75, 3.05) is 4.72 Å². The van der Waals surface area contributed by atoms with Gasteiger partial charge in [0.25, 0.3) is 10.0 Å². The molecule has 1 aromatic heterocycles. The van der Waals surface area contributed by atoms with Crippen molar-refractivity contribution in [3.05, 3.63) is 53.7 Å². The predicted molar refractivity (Wildman–Crippen MR) is 71.0 cm³/mol. The molecule has 94 valence electrons. The standard InChI is InChI=1S/C13H14N2O2S/c1-10-5-3-7-12(9-10)18(16,17)15-13-8-4-6-11(2)14-13/h3-9H,1-2H3,(H,14,15). The molecular weight excluding hydrogens is 248 g/mol. The van der Waals surface area contributed by atoms with Crippen LogP contribution in [0.25, 0.3) is 0 Å². The zero-order valence-electron chi connectivity index (χ0n) is 10.2. The SMILES string of the molecule is Cc1cccc(S(=O)(=O)Nc2cccc(C)n2)c1. The quantitative estimate of drug-likeness (QED) is 0.924. The monoisotopic (exact) mass is 262 g/mol. The maximum atomic E-state index is 12.1. The number of anilines is 1. The van der Waals surface area contributed by atoms with Crippen molar-refractivity contribution in [1.29, 1.82) is 0 Å². The third kappa shape index (κ3) is 2.87. The van der Waals surface area contributed by atoms with E-state index in [1.807, 2.05) is 26.0 Å². The van der Waals surface area contributed by atoms with Crippen LogP contribution in [0, 0.1) is 13.8 Å². The largest absolute Gasteiger partial charge is 0.263 e. The number of benzene rings is 1. The zero-order chi connectivity index (χ0) is 13.2. The van der Waals surface area contributed by atoms with E-state index in [0.717, 1.165) is 11.3 Å². The highest BCUT2D eigenvalue weighted by Gasteiger charge is 2.14. The van der Waals surface area contributed by atoms with Gasteiger partial charge in [-0.1, -0.05) is 18.2 Å². The van der Waals surface area contributed by atoms with E-state index >= 15 is 0 Å². The lowest BCUT2D eigenvalue weighted by atomic mass is 10.2. The van der Waals surface area contributed by atoms with Gasteiger partial charge in [-0.25, -0.2) is 13.4 Å². The minimum absolute atomic E-state index is 0.241. The molecular formula is C13H14N2O2S. The van der Waals surface area contributed by atoms with Crippen LogP contribution in [0.3, 0.4) is 0 Å². The van der Waals surface area contributed by atoms with Crippen molar-refractivity contribution in [1.82, 2.24) is 4.98 Å². The molecule has 0 atom stereocenters. The Labute approximate surface area is 107 Å². The van der Waals surface area contributed by atoms with Crippen LogP contribution in [0.2, 0.25) is 0 Å². The first-order valence-electron chi connectivity index (χ1n) is 5.50. The summed E-state index contributed by atoms with van der Waals surface area (Å²) in [4.78, 5) is 4.36. The molecule has 0 amide bonds. The number of aromatic nitrogens is 1. The van der Waals surface area contributed by atoms with E-state index in [2.05, 4.69) is 9.71 Å². The molecule has 0 fully saturated rings. The Morgan fingerprint density at radius 1 is 1.06 bits per heavy atom. The molecule has 5 heteroatoms. The third-order valence-corrected chi connectivity index (χ3v) is 3.78. The number of hydrogen-bond donors (Lipinski definition) is 1. The summed E-state index contributed by atoms with van der Waals surface area (Å²) in [5.41, 5.74) is 1.66. The number of nitrogens with one attached hydrogen (secondary N) is 1. The van der Waals surface area contributed by atoms with Gasteiger partial charge in [0.15, 0.2) is 0 Å². The highest BCUT2D eigenvalue weighted by Crippen LogP contribution is 2.15. The summed E-state index contributed by atoms with van der Waals surface area (Å²) in [7, 11) is -3.57. The van der Waals surface area contributed by atoms with Crippen LogP contribution >= 0.6 is 0 Å². The van der Waals surface area contributed by atoms with Crippen molar-refractivity contribution in [3.8, 4) is 0 Å². The molecule has 4 nitrogen and oxygen atoms in total. The van der Waals surface area contributed by atoms with Crippen LogP contribution in [-0.2, 0) is 10.0 Å². The lowest BCUT2D eigenvalue weighted by Crippen LogP contribution is -2.14. The molecule has 0 bridgehead atoms. The van der Waals surface area contributed by atoms with Gasteiger partial charge in [0.1, 0.15) is 5.82 Å². The Kier molecular flexibility index (Phi) is 3.34. The molecule has 0 aliphatic carbocycles. The molecule has 1 heterocycles. The summed E-state index contributed by atoms with van der Waals surface area (Å²) >= 11 is 0. The molecule has 0 aliphatic rings. The van der Waals surface area contributed by atoms with Gasteiger partial charge < -0.3 is 0 Å². The van der Waals surface area contributed by atoms with E-state index in [4.69, 9.17) is 0 Å². The molecule has 0 spiro atoms. The van der Waals surface area contributed by atoms with Gasteiger partial charge in [0.05, 0.1) is 4.90 Å². The molecule has 2 aromatic rings. The highest BCUT2D eigenvalue weighted by molar-refractivity contribution is 7.92. The summed E-state index contributed by atoms with van der Waals surface area (Å²) < 4.78 is 26.7. The smallest absolute Gasteiger partial charge is 0.263 e. The van der Waals surface area contributed by atoms with Crippen LogP contribution < -0.4 is 4.72 Å². The Hall–Kier alpha value is -1.88. The average molecular weight is 262 g/mol. The fraction of sp³-hybridized carbons (Fsp3) is 0.154. The second kappa shape index (κ2) is 4.78. The van der Waals surface area contributed by atoms with Crippen molar-refractivity contribution < 1.29 is 8.42 Å². The summed E-state index contributed by atoms with van der Waals surface area (Å²) in [5, 5.41) is 0. The molecule has 0 saturated heterocycles. The number of pyridine rings is 1. The molecule has 0 aliphatic heterocycles. The minimum atomic E-state index is -3.57. The van der Waals surface area contributed by atoms with Gasteiger partial charge in [-0.05, 0) is 43.7 Å². The second-order valence-corrected chi connectivity index (χ2v) is 5.77. The average Bonchev–Trinajstić information content (AvgIpc) is 2.28. The van der Waals surface area contributed by atoms with Crippen molar-refractivity contribution in [3.63, 3.8) is 0 Å². The molecule has 0 radical (unpaired) electrons. The fourth-order valence-electron chi connectivity index (χ4n) is 1.58. The Morgan fingerprint density at radius 2 is 1.78 bits per heavy atom. The molecule has 18 heavy (non-hydrogen) atoms. The van der Waals surface area contributed by atoms with E-state index in [1.54, 1.807) is 30.3 Å². The number of aryl methyl sites for hydroxylation is 2. The van der Waals surface area contributed by atoms with E-state index in [1.165, 1.54) is 0 Å². The van der Waals surface area contributed by atoms with Gasteiger partial charge in [-0.2, -0.15) is 0 Å². The van der Waals surface area contributed by atoms with Gasteiger partial charge in [0, 0.05) is 5.69 Å². The van der Waals surface area contributed by atoms with Gasteiger partial charge in [-0.15, -0.1) is 0 Å². The normalized spacial score (nSPS) is 11.2. The number of sulfonamides is 1. The van der Waals surface area contributed by atoms with Crippen LogP contribution in [-0.4, -0.2) is 13.4 Å². The first-order chi connectivity index (χ1) is 8.47. The van der Waals surface area contributed by atoms with E-state index < -0.39 is 10.0 Å². The molecule has 2 rings (SSSR count). The molecule has 0 unspecified atom stereocenters. The molecule has 0 saturated carbocycles. The summed E-state index contributed by atoms with van der Waals surface area (Å²) in [6.07, 6.45) is 0. The topological polar surface area (TPSA) is 59.1 Å². The molecule has 1 aromatic carbocycles. The van der Waals surface area contributed by atoms with E-state index in [9.17, 15) is 8.42 Å². The van der Waals surface area contributed by atoms with Crippen molar-refractivity contribution in [2.24, 2.45) is 0 Å². The minimum Gasteiger partial charge on any atom is -0.263 e. The first kappa shape index (κ1) is 12.6. The maximum absolute atomic E-state index is 12.1. The third-order valence-electron chi connectivity index (χ3n) is 2.43. The number of rotatable bonds is 3. The molecule has 1 N–H and O–H groups in total.